The van der Waals surface area contributed by atoms with Gasteiger partial charge in [0, 0.05) is 22.2 Å². The van der Waals surface area contributed by atoms with Gasteiger partial charge in [-0.1, -0.05) is 0 Å². The van der Waals surface area contributed by atoms with Crippen LogP contribution in [0.5, 0.6) is 0 Å². The van der Waals surface area contributed by atoms with Gasteiger partial charge in [-0.25, -0.2) is 3.93 Å². The average Bonchev–Trinajstić information content (AvgIpc) is 2.05. The van der Waals surface area contributed by atoms with E-state index in [1.54, 1.807) is 0 Å². The Morgan fingerprint density at radius 3 is 2.25 bits per heavy atom. The van der Waals surface area contributed by atoms with Gasteiger partial charge >= 0.3 is 5.97 Å². The SMILES string of the molecule is O=C(O)C1C2CCC(CC2)N1Br. The second kappa shape index (κ2) is 3.00. The van der Waals surface area contributed by atoms with Gasteiger partial charge < -0.3 is 5.11 Å². The fraction of sp³-hybridized carbons (Fsp3) is 0.875. The van der Waals surface area contributed by atoms with E-state index in [4.69, 9.17) is 5.11 Å². The molecule has 3 aliphatic rings. The zero-order chi connectivity index (χ0) is 8.72. The average molecular weight is 234 g/mol. The molecule has 0 spiro atoms. The molecule has 1 atom stereocenters. The zero-order valence-electron chi connectivity index (χ0n) is 6.74. The lowest BCUT2D eigenvalue weighted by molar-refractivity contribution is -0.147. The van der Waals surface area contributed by atoms with Crippen LogP contribution in [-0.4, -0.2) is 27.1 Å². The molecule has 0 aromatic carbocycles. The molecule has 0 radical (unpaired) electrons. The van der Waals surface area contributed by atoms with Crippen LogP contribution in [0.15, 0.2) is 0 Å². The summed E-state index contributed by atoms with van der Waals surface area (Å²) in [5.74, 6) is -0.312. The van der Waals surface area contributed by atoms with E-state index in [1.165, 1.54) is 0 Å². The van der Waals surface area contributed by atoms with Gasteiger partial charge in [-0.3, -0.25) is 4.79 Å². The summed E-state index contributed by atoms with van der Waals surface area (Å²) in [6.07, 6.45) is 4.48. The Labute approximate surface area is 80.1 Å². The van der Waals surface area contributed by atoms with Crippen LogP contribution in [-0.2, 0) is 4.79 Å². The molecule has 4 heteroatoms. The molecule has 68 valence electrons. The number of piperidine rings is 2. The first-order valence-corrected chi connectivity index (χ1v) is 5.08. The van der Waals surface area contributed by atoms with E-state index in [0.717, 1.165) is 25.7 Å². The summed E-state index contributed by atoms with van der Waals surface area (Å²) in [6, 6.07) is 0.175. The second-order valence-electron chi connectivity index (χ2n) is 3.70. The smallest absolute Gasteiger partial charge is 0.322 e. The quantitative estimate of drug-likeness (QED) is 0.701. The van der Waals surface area contributed by atoms with Crippen molar-refractivity contribution in [2.24, 2.45) is 5.92 Å². The molecule has 2 saturated heterocycles. The highest BCUT2D eigenvalue weighted by molar-refractivity contribution is 9.07. The van der Waals surface area contributed by atoms with Crippen LogP contribution in [0.1, 0.15) is 25.7 Å². The molecule has 3 fully saturated rings. The second-order valence-corrected chi connectivity index (χ2v) is 4.51. The van der Waals surface area contributed by atoms with Gasteiger partial charge in [0.1, 0.15) is 6.04 Å². The van der Waals surface area contributed by atoms with Gasteiger partial charge in [-0.15, -0.1) is 0 Å². The molecule has 12 heavy (non-hydrogen) atoms. The Morgan fingerprint density at radius 1 is 1.33 bits per heavy atom. The first-order chi connectivity index (χ1) is 5.70. The van der Waals surface area contributed by atoms with E-state index < -0.39 is 5.97 Å². The van der Waals surface area contributed by atoms with Crippen molar-refractivity contribution < 1.29 is 9.90 Å². The Hall–Kier alpha value is -0.0900. The van der Waals surface area contributed by atoms with Gasteiger partial charge in [0.2, 0.25) is 0 Å². The number of aliphatic carboxylic acids is 1. The maximum Gasteiger partial charge on any atom is 0.322 e. The molecule has 2 aliphatic heterocycles. The highest BCUT2D eigenvalue weighted by atomic mass is 79.9. The van der Waals surface area contributed by atoms with Crippen molar-refractivity contribution in [3.63, 3.8) is 0 Å². The number of nitrogens with zero attached hydrogens (tertiary/aromatic N) is 1. The van der Waals surface area contributed by atoms with E-state index in [-0.39, 0.29) is 6.04 Å². The summed E-state index contributed by atoms with van der Waals surface area (Å²) in [7, 11) is 0. The van der Waals surface area contributed by atoms with Crippen LogP contribution in [0.25, 0.3) is 0 Å². The topological polar surface area (TPSA) is 40.5 Å². The van der Waals surface area contributed by atoms with Crippen LogP contribution in [0.3, 0.4) is 0 Å². The highest BCUT2D eigenvalue weighted by Gasteiger charge is 2.44. The van der Waals surface area contributed by atoms with Crippen LogP contribution in [0.4, 0.5) is 0 Å². The molecular formula is C8H12BrNO2. The molecule has 1 N–H and O–H groups in total. The summed E-state index contributed by atoms with van der Waals surface area (Å²) in [5.41, 5.74) is 0. The highest BCUT2D eigenvalue weighted by Crippen LogP contribution is 2.41. The molecule has 1 aliphatic carbocycles. The first kappa shape index (κ1) is 8.51. The normalized spacial score (nSPS) is 41.6. The molecule has 1 saturated carbocycles. The summed E-state index contributed by atoms with van der Waals surface area (Å²) < 4.78 is 1.87. The maximum absolute atomic E-state index is 10.9. The lowest BCUT2D eigenvalue weighted by atomic mass is 9.76. The number of hydrogen-bond acceptors (Lipinski definition) is 2. The number of carboxylic acids is 1. The molecular weight excluding hydrogens is 222 g/mol. The van der Waals surface area contributed by atoms with Gasteiger partial charge in [-0.2, -0.15) is 0 Å². The van der Waals surface area contributed by atoms with Crippen molar-refractivity contribution in [2.75, 3.05) is 0 Å². The van der Waals surface area contributed by atoms with Crippen LogP contribution in [0.2, 0.25) is 0 Å². The van der Waals surface area contributed by atoms with Crippen molar-refractivity contribution in [1.82, 2.24) is 3.93 Å². The third kappa shape index (κ3) is 1.17. The van der Waals surface area contributed by atoms with Crippen molar-refractivity contribution in [3.8, 4) is 0 Å². The molecule has 1 unspecified atom stereocenters. The number of hydrogen-bond donors (Lipinski definition) is 1. The Kier molecular flexibility index (Phi) is 2.12. The predicted molar refractivity (Wildman–Crippen MR) is 47.9 cm³/mol. The van der Waals surface area contributed by atoms with Gasteiger partial charge in [0.25, 0.3) is 0 Å². The maximum atomic E-state index is 10.9. The number of rotatable bonds is 1. The summed E-state index contributed by atoms with van der Waals surface area (Å²) in [6.45, 7) is 0. The van der Waals surface area contributed by atoms with E-state index in [0.29, 0.717) is 12.0 Å². The summed E-state index contributed by atoms with van der Waals surface area (Å²) in [5, 5.41) is 8.96. The third-order valence-corrected chi connectivity index (χ3v) is 4.08. The monoisotopic (exact) mass is 233 g/mol. The molecule has 0 aromatic heterocycles. The van der Waals surface area contributed by atoms with Crippen molar-refractivity contribution in [2.45, 2.75) is 37.8 Å². The minimum atomic E-state index is -0.679. The van der Waals surface area contributed by atoms with Crippen molar-refractivity contribution in [1.29, 1.82) is 0 Å². The third-order valence-electron chi connectivity index (χ3n) is 3.06. The predicted octanol–water partition coefficient (Wildman–Crippen LogP) is 1.62. The van der Waals surface area contributed by atoms with Crippen LogP contribution < -0.4 is 0 Å². The minimum absolute atomic E-state index is 0.280. The van der Waals surface area contributed by atoms with Crippen molar-refractivity contribution in [3.05, 3.63) is 0 Å². The standard InChI is InChI=1S/C8H12BrNO2/c9-10-6-3-1-5(2-4-6)7(10)8(11)12/h5-7H,1-4H2,(H,11,12). The number of halogens is 1. The zero-order valence-corrected chi connectivity index (χ0v) is 8.33. The fourth-order valence-corrected chi connectivity index (χ4v) is 3.32. The molecule has 0 aromatic rings. The van der Waals surface area contributed by atoms with E-state index in [9.17, 15) is 4.79 Å². The lowest BCUT2D eigenvalue weighted by Crippen LogP contribution is -2.53. The molecule has 3 rings (SSSR count). The molecule has 2 bridgehead atoms. The molecule has 3 nitrogen and oxygen atoms in total. The Morgan fingerprint density at radius 2 is 1.92 bits per heavy atom. The molecule has 0 amide bonds. The fourth-order valence-electron chi connectivity index (χ4n) is 2.40. The van der Waals surface area contributed by atoms with Crippen LogP contribution >= 0.6 is 16.1 Å². The first-order valence-electron chi connectivity index (χ1n) is 4.37. The van der Waals surface area contributed by atoms with E-state index in [1.807, 2.05) is 3.93 Å². The van der Waals surface area contributed by atoms with Crippen molar-refractivity contribution >= 4 is 22.1 Å². The van der Waals surface area contributed by atoms with Gasteiger partial charge in [-0.05, 0) is 31.6 Å². The van der Waals surface area contributed by atoms with E-state index >= 15 is 0 Å². The largest absolute Gasteiger partial charge is 0.480 e. The number of fused-ring (bicyclic) bond motifs is 3. The Balaban J connectivity index is 2.18. The molecule has 2 heterocycles. The minimum Gasteiger partial charge on any atom is -0.480 e. The van der Waals surface area contributed by atoms with E-state index in [2.05, 4.69) is 16.1 Å². The van der Waals surface area contributed by atoms with Crippen LogP contribution in [0, 0.1) is 5.92 Å². The lowest BCUT2D eigenvalue weighted by Gasteiger charge is -2.46. The van der Waals surface area contributed by atoms with Gasteiger partial charge in [0.05, 0.1) is 0 Å². The van der Waals surface area contributed by atoms with Gasteiger partial charge in [0.15, 0.2) is 0 Å². The summed E-state index contributed by atoms with van der Waals surface area (Å²) >= 11 is 3.36. The number of carbonyl (C=O) groups is 1. The Bertz CT molecular complexity index is 199. The number of carboxylic acid groups (broad SMARTS) is 1. The summed E-state index contributed by atoms with van der Waals surface area (Å²) in [4.78, 5) is 10.9.